The van der Waals surface area contributed by atoms with Crippen LogP contribution in [0.1, 0.15) is 52.0 Å². The molecule has 5 nitrogen and oxygen atoms in total. The Morgan fingerprint density at radius 1 is 1.12 bits per heavy atom. The number of hydrogen-bond donors (Lipinski definition) is 1. The van der Waals surface area contributed by atoms with Crippen LogP contribution in [-0.4, -0.2) is 34.1 Å². The molecule has 0 fully saturated rings. The van der Waals surface area contributed by atoms with Crippen LogP contribution in [0.2, 0.25) is 0 Å². The van der Waals surface area contributed by atoms with Gasteiger partial charge in [0.05, 0.1) is 13.0 Å². The number of ether oxygens (including phenoxy) is 2. The third-order valence-electron chi connectivity index (χ3n) is 3.45. The first kappa shape index (κ1) is 21.5. The van der Waals surface area contributed by atoms with Crippen molar-refractivity contribution >= 4 is 23.5 Å². The van der Waals surface area contributed by atoms with E-state index < -0.39 is 22.4 Å². The van der Waals surface area contributed by atoms with Crippen molar-refractivity contribution in [2.45, 2.75) is 63.5 Å². The van der Waals surface area contributed by atoms with Crippen molar-refractivity contribution in [3.8, 4) is 0 Å². The lowest BCUT2D eigenvalue weighted by Gasteiger charge is -2.25. The molecule has 0 aliphatic rings. The third-order valence-corrected chi connectivity index (χ3v) is 3.94. The average molecular weight is 371 g/mol. The van der Waals surface area contributed by atoms with Gasteiger partial charge in [0.2, 0.25) is 0 Å². The Morgan fingerprint density at radius 2 is 1.76 bits per heavy atom. The van der Waals surface area contributed by atoms with E-state index in [4.69, 9.17) is 21.1 Å². The van der Waals surface area contributed by atoms with E-state index in [1.807, 2.05) is 30.3 Å². The molecule has 0 aliphatic heterocycles. The number of halogens is 1. The van der Waals surface area contributed by atoms with Gasteiger partial charge < -0.3 is 14.6 Å². The highest BCUT2D eigenvalue weighted by Gasteiger charge is 2.39. The van der Waals surface area contributed by atoms with E-state index in [1.54, 1.807) is 20.8 Å². The minimum absolute atomic E-state index is 0.178. The number of carboxylic acids is 1. The molecule has 0 aromatic heterocycles. The average Bonchev–Trinajstić information content (AvgIpc) is 2.49. The normalized spacial score (nSPS) is 13.9. The summed E-state index contributed by atoms with van der Waals surface area (Å²) in [4.78, 5) is 21.7. The summed E-state index contributed by atoms with van der Waals surface area (Å²) in [6.07, 6.45) is 1.04. The molecule has 0 saturated carbocycles. The lowest BCUT2D eigenvalue weighted by atomic mass is 9.97. The molecule has 25 heavy (non-hydrogen) atoms. The van der Waals surface area contributed by atoms with Gasteiger partial charge in [-0.25, -0.2) is 0 Å². The number of carbonyl (C=O) groups excluding carboxylic acids is 1. The Hall–Kier alpha value is -1.59. The van der Waals surface area contributed by atoms with Crippen LogP contribution >= 0.6 is 11.6 Å². The first-order valence-electron chi connectivity index (χ1n) is 8.38. The zero-order chi connectivity index (χ0) is 18.9. The molecule has 0 heterocycles. The Balaban J connectivity index is 2.34. The highest BCUT2D eigenvalue weighted by molar-refractivity contribution is 6.34. The van der Waals surface area contributed by atoms with Crippen molar-refractivity contribution in [3.05, 3.63) is 35.9 Å². The molecular weight excluding hydrogens is 344 g/mol. The van der Waals surface area contributed by atoms with Crippen molar-refractivity contribution in [1.29, 1.82) is 0 Å². The third kappa shape index (κ3) is 8.89. The highest BCUT2D eigenvalue weighted by Crippen LogP contribution is 2.28. The van der Waals surface area contributed by atoms with Crippen molar-refractivity contribution in [2.75, 3.05) is 6.61 Å². The van der Waals surface area contributed by atoms with Crippen LogP contribution in [0, 0.1) is 0 Å². The fraction of sp³-hybridized carbons (Fsp3) is 0.579. The molecule has 0 unspecified atom stereocenters. The maximum Gasteiger partial charge on any atom is 0.325 e. The summed E-state index contributed by atoms with van der Waals surface area (Å²) in [6, 6.07) is 9.80. The molecule has 1 aromatic carbocycles. The van der Waals surface area contributed by atoms with Gasteiger partial charge in [-0.15, -0.1) is 11.6 Å². The number of benzene rings is 1. The molecular formula is C19H27ClO5. The minimum atomic E-state index is -1.64. The standard InChI is InChI=1S/C19H27ClO5/c1-18(2,3)25-16(21)13-19(20,17(22)23)11-7-8-12-24-14-15-9-5-4-6-10-15/h4-6,9-10H,7-8,11-14H2,1-3H3,(H,22,23)/t19-/m0/s1. The predicted octanol–water partition coefficient (Wildman–Crippen LogP) is 4.17. The maximum absolute atomic E-state index is 11.9. The smallest absolute Gasteiger partial charge is 0.325 e. The lowest BCUT2D eigenvalue weighted by molar-refractivity contribution is -0.159. The van der Waals surface area contributed by atoms with Gasteiger partial charge in [-0.05, 0) is 45.6 Å². The van der Waals surface area contributed by atoms with Crippen LogP contribution in [0.25, 0.3) is 0 Å². The molecule has 140 valence electrons. The summed E-state index contributed by atoms with van der Waals surface area (Å²) in [5, 5.41) is 9.36. The Labute approximate surface area is 154 Å². The molecule has 1 aromatic rings. The van der Waals surface area contributed by atoms with Crippen LogP contribution in [0.15, 0.2) is 30.3 Å². The van der Waals surface area contributed by atoms with Crippen molar-refractivity contribution in [1.82, 2.24) is 0 Å². The van der Waals surface area contributed by atoms with Crippen molar-refractivity contribution in [2.24, 2.45) is 0 Å². The van der Waals surface area contributed by atoms with Crippen molar-refractivity contribution < 1.29 is 24.2 Å². The molecule has 0 radical (unpaired) electrons. The second-order valence-electron chi connectivity index (χ2n) is 7.03. The number of carbonyl (C=O) groups is 2. The van der Waals surface area contributed by atoms with Gasteiger partial charge in [0.15, 0.2) is 4.87 Å². The summed E-state index contributed by atoms with van der Waals surface area (Å²) in [7, 11) is 0. The zero-order valence-corrected chi connectivity index (χ0v) is 15.8. The number of unbranched alkanes of at least 4 members (excludes halogenated alkanes) is 1. The highest BCUT2D eigenvalue weighted by atomic mass is 35.5. The van der Waals surface area contributed by atoms with E-state index in [2.05, 4.69) is 0 Å². The van der Waals surface area contributed by atoms with Crippen molar-refractivity contribution in [3.63, 3.8) is 0 Å². The lowest BCUT2D eigenvalue weighted by Crippen LogP contribution is -2.37. The maximum atomic E-state index is 11.9. The Kier molecular flexibility index (Phi) is 8.39. The largest absolute Gasteiger partial charge is 0.480 e. The molecule has 0 aliphatic carbocycles. The van der Waals surface area contributed by atoms with E-state index in [9.17, 15) is 14.7 Å². The number of esters is 1. The summed E-state index contributed by atoms with van der Waals surface area (Å²) in [6.45, 7) is 6.21. The van der Waals surface area contributed by atoms with E-state index in [1.165, 1.54) is 0 Å². The molecule has 0 bridgehead atoms. The number of carboxylic acid groups (broad SMARTS) is 1. The van der Waals surface area contributed by atoms with Crippen LogP contribution in [0.3, 0.4) is 0 Å². The van der Waals surface area contributed by atoms with E-state index in [0.29, 0.717) is 26.1 Å². The fourth-order valence-electron chi connectivity index (χ4n) is 2.25. The van der Waals surface area contributed by atoms with Gasteiger partial charge in [-0.1, -0.05) is 30.3 Å². The van der Waals surface area contributed by atoms with Crippen LogP contribution < -0.4 is 0 Å². The van der Waals surface area contributed by atoms with E-state index in [0.717, 1.165) is 5.56 Å². The van der Waals surface area contributed by atoms with Crippen LogP contribution in [0.4, 0.5) is 0 Å². The summed E-state index contributed by atoms with van der Waals surface area (Å²) >= 11 is 6.17. The van der Waals surface area contributed by atoms with Gasteiger partial charge in [0.1, 0.15) is 5.60 Å². The first-order chi connectivity index (χ1) is 11.6. The van der Waals surface area contributed by atoms with Gasteiger partial charge in [0, 0.05) is 6.61 Å². The number of hydrogen-bond acceptors (Lipinski definition) is 4. The van der Waals surface area contributed by atoms with Crippen LogP contribution in [0.5, 0.6) is 0 Å². The fourth-order valence-corrected chi connectivity index (χ4v) is 2.49. The quantitative estimate of drug-likeness (QED) is 0.380. The van der Waals surface area contributed by atoms with E-state index in [-0.39, 0.29) is 12.8 Å². The number of aliphatic carboxylic acids is 1. The molecule has 1 atom stereocenters. The van der Waals surface area contributed by atoms with Gasteiger partial charge in [-0.3, -0.25) is 9.59 Å². The number of alkyl halides is 1. The van der Waals surface area contributed by atoms with Gasteiger partial charge >= 0.3 is 11.9 Å². The molecule has 0 spiro atoms. The molecule has 0 saturated heterocycles. The second-order valence-corrected chi connectivity index (χ2v) is 7.75. The topological polar surface area (TPSA) is 72.8 Å². The van der Waals surface area contributed by atoms with E-state index >= 15 is 0 Å². The number of rotatable bonds is 10. The molecule has 6 heteroatoms. The van der Waals surface area contributed by atoms with Crippen LogP contribution in [-0.2, 0) is 25.7 Å². The van der Waals surface area contributed by atoms with Gasteiger partial charge in [0.25, 0.3) is 0 Å². The summed E-state index contributed by atoms with van der Waals surface area (Å²) in [5.74, 6) is -1.81. The minimum Gasteiger partial charge on any atom is -0.480 e. The second kappa shape index (κ2) is 9.78. The Bertz CT molecular complexity index is 553. The molecule has 0 amide bonds. The first-order valence-corrected chi connectivity index (χ1v) is 8.76. The Morgan fingerprint density at radius 3 is 2.32 bits per heavy atom. The monoisotopic (exact) mass is 370 g/mol. The summed E-state index contributed by atoms with van der Waals surface area (Å²) < 4.78 is 10.7. The van der Waals surface area contributed by atoms with Gasteiger partial charge in [-0.2, -0.15) is 0 Å². The molecule has 1 rings (SSSR count). The SMILES string of the molecule is CC(C)(C)OC(=O)C[C@@](Cl)(CCCCOCc1ccccc1)C(=O)O. The predicted molar refractivity (Wildman–Crippen MR) is 96.6 cm³/mol. The molecule has 1 N–H and O–H groups in total. The zero-order valence-electron chi connectivity index (χ0n) is 15.1. The summed E-state index contributed by atoms with van der Waals surface area (Å²) in [5.41, 5.74) is 0.420.